The van der Waals surface area contributed by atoms with E-state index in [0.29, 0.717) is 39.4 Å². The predicted molar refractivity (Wildman–Crippen MR) is 71.4 cm³/mol. The van der Waals surface area contributed by atoms with Gasteiger partial charge in [-0.25, -0.2) is 9.97 Å². The maximum Gasteiger partial charge on any atom is 0.433 e. The first-order valence-corrected chi connectivity index (χ1v) is 7.10. The third-order valence-corrected chi connectivity index (χ3v) is 4.02. The maximum atomic E-state index is 12.7. The van der Waals surface area contributed by atoms with Crippen LogP contribution in [0, 0.1) is 0 Å². The predicted octanol–water partition coefficient (Wildman–Crippen LogP) is 0.377. The van der Waals surface area contributed by atoms with Crippen molar-refractivity contribution in [2.45, 2.75) is 18.3 Å². The number of aromatic nitrogens is 2. The van der Waals surface area contributed by atoms with Gasteiger partial charge in [-0.1, -0.05) is 0 Å². The Morgan fingerprint density at radius 2 is 1.91 bits per heavy atom. The van der Waals surface area contributed by atoms with Crippen LogP contribution < -0.4 is 4.90 Å². The molecule has 0 amide bonds. The summed E-state index contributed by atoms with van der Waals surface area (Å²) in [7, 11) is 0. The van der Waals surface area contributed by atoms with Crippen LogP contribution >= 0.6 is 0 Å². The monoisotopic (exact) mass is 318 g/mol. The van der Waals surface area contributed by atoms with Crippen molar-refractivity contribution in [1.29, 1.82) is 0 Å². The van der Waals surface area contributed by atoms with Crippen LogP contribution in [0.1, 0.15) is 5.69 Å². The summed E-state index contributed by atoms with van der Waals surface area (Å²) in [5.41, 5.74) is -0.931. The molecule has 2 unspecified atom stereocenters. The van der Waals surface area contributed by atoms with E-state index in [1.165, 1.54) is 0 Å². The summed E-state index contributed by atoms with van der Waals surface area (Å²) in [6.45, 7) is 3.12. The van der Waals surface area contributed by atoms with Crippen LogP contribution in [0.2, 0.25) is 0 Å². The highest BCUT2D eigenvalue weighted by atomic mass is 19.4. The normalized spacial score (nSPS) is 27.4. The minimum Gasteiger partial charge on any atom is -0.389 e. The topological polar surface area (TPSA) is 61.7 Å². The molecule has 0 aromatic carbocycles. The fourth-order valence-electron chi connectivity index (χ4n) is 2.79. The highest BCUT2D eigenvalue weighted by Crippen LogP contribution is 2.28. The average molecular weight is 318 g/mol. The van der Waals surface area contributed by atoms with E-state index in [4.69, 9.17) is 4.74 Å². The van der Waals surface area contributed by atoms with E-state index in [1.807, 2.05) is 0 Å². The first kappa shape index (κ1) is 15.4. The van der Waals surface area contributed by atoms with Gasteiger partial charge in [0.25, 0.3) is 0 Å². The molecule has 0 saturated carbocycles. The van der Waals surface area contributed by atoms with Gasteiger partial charge in [0.15, 0.2) is 0 Å². The smallest absolute Gasteiger partial charge is 0.389 e. The average Bonchev–Trinajstić information content (AvgIpc) is 2.93. The van der Waals surface area contributed by atoms with E-state index >= 15 is 0 Å². The number of rotatable bonds is 2. The lowest BCUT2D eigenvalue weighted by Crippen LogP contribution is -2.54. The second-order valence-corrected chi connectivity index (χ2v) is 5.43. The largest absolute Gasteiger partial charge is 0.433 e. The molecule has 0 spiro atoms. The number of aliphatic hydroxyl groups excluding tert-OH is 1. The van der Waals surface area contributed by atoms with Crippen molar-refractivity contribution in [3.63, 3.8) is 0 Å². The Labute approximate surface area is 125 Å². The van der Waals surface area contributed by atoms with Crippen LogP contribution in [-0.2, 0) is 10.9 Å². The Balaban J connectivity index is 1.64. The zero-order chi connectivity index (χ0) is 15.7. The summed E-state index contributed by atoms with van der Waals surface area (Å²) >= 11 is 0. The number of ether oxygens (including phenoxy) is 1. The third kappa shape index (κ3) is 3.16. The number of halogens is 3. The molecule has 1 N–H and O–H groups in total. The molecular weight excluding hydrogens is 301 g/mol. The molecule has 3 heterocycles. The highest BCUT2D eigenvalue weighted by molar-refractivity contribution is 5.31. The molecule has 0 radical (unpaired) electrons. The summed E-state index contributed by atoms with van der Waals surface area (Å²) in [6, 6.07) is 0.830. The van der Waals surface area contributed by atoms with Crippen LogP contribution in [0.25, 0.3) is 0 Å². The Morgan fingerprint density at radius 3 is 2.50 bits per heavy atom. The molecule has 1 aromatic heterocycles. The molecule has 2 aliphatic heterocycles. The van der Waals surface area contributed by atoms with Crippen LogP contribution in [0.4, 0.5) is 19.1 Å². The van der Waals surface area contributed by atoms with Crippen LogP contribution in [0.3, 0.4) is 0 Å². The molecule has 0 bridgehead atoms. The van der Waals surface area contributed by atoms with Gasteiger partial charge in [0.1, 0.15) is 5.69 Å². The molecule has 9 heteroatoms. The van der Waals surface area contributed by atoms with Gasteiger partial charge >= 0.3 is 6.18 Å². The Kier molecular flexibility index (Phi) is 4.20. The van der Waals surface area contributed by atoms with Gasteiger partial charge in [-0.2, -0.15) is 13.2 Å². The zero-order valence-electron chi connectivity index (χ0n) is 11.8. The van der Waals surface area contributed by atoms with E-state index in [-0.39, 0.29) is 12.0 Å². The van der Waals surface area contributed by atoms with Crippen molar-refractivity contribution >= 4 is 5.95 Å². The minimum absolute atomic E-state index is 0.0374. The Morgan fingerprint density at radius 1 is 1.18 bits per heavy atom. The van der Waals surface area contributed by atoms with E-state index in [2.05, 4.69) is 14.9 Å². The van der Waals surface area contributed by atoms with Crippen molar-refractivity contribution in [2.75, 3.05) is 44.3 Å². The first-order chi connectivity index (χ1) is 10.4. The van der Waals surface area contributed by atoms with Gasteiger partial charge in [0.05, 0.1) is 25.4 Å². The quantitative estimate of drug-likeness (QED) is 0.850. The zero-order valence-corrected chi connectivity index (χ0v) is 11.8. The van der Waals surface area contributed by atoms with Gasteiger partial charge in [-0.15, -0.1) is 0 Å². The lowest BCUT2D eigenvalue weighted by Gasteiger charge is -2.38. The molecule has 2 atom stereocenters. The maximum absolute atomic E-state index is 12.7. The molecule has 22 heavy (non-hydrogen) atoms. The van der Waals surface area contributed by atoms with Gasteiger partial charge in [-0.3, -0.25) is 4.90 Å². The number of hydrogen-bond acceptors (Lipinski definition) is 6. The number of piperazine rings is 1. The molecule has 0 aliphatic carbocycles. The van der Waals surface area contributed by atoms with Crippen molar-refractivity contribution in [2.24, 2.45) is 0 Å². The number of aliphatic hydroxyl groups is 1. The summed E-state index contributed by atoms with van der Waals surface area (Å²) in [4.78, 5) is 11.4. The summed E-state index contributed by atoms with van der Waals surface area (Å²) < 4.78 is 43.3. The molecule has 2 aliphatic rings. The van der Waals surface area contributed by atoms with Crippen molar-refractivity contribution in [3.8, 4) is 0 Å². The fourth-order valence-corrected chi connectivity index (χ4v) is 2.79. The molecule has 1 aromatic rings. The first-order valence-electron chi connectivity index (χ1n) is 7.10. The van der Waals surface area contributed by atoms with Gasteiger partial charge in [-0.05, 0) is 6.07 Å². The summed E-state index contributed by atoms with van der Waals surface area (Å²) in [5.74, 6) is 0.0951. The number of anilines is 1. The van der Waals surface area contributed by atoms with Crippen molar-refractivity contribution in [1.82, 2.24) is 14.9 Å². The number of hydrogen-bond donors (Lipinski definition) is 1. The van der Waals surface area contributed by atoms with Crippen LogP contribution in [0.15, 0.2) is 12.3 Å². The summed E-state index contributed by atoms with van der Waals surface area (Å²) in [5, 5.41) is 9.82. The van der Waals surface area contributed by atoms with E-state index < -0.39 is 18.0 Å². The van der Waals surface area contributed by atoms with Crippen molar-refractivity contribution < 1.29 is 23.0 Å². The molecular formula is C13H17F3N4O2. The van der Waals surface area contributed by atoms with Gasteiger partial charge in [0.2, 0.25) is 5.95 Å². The molecule has 2 fully saturated rings. The standard InChI is InChI=1S/C13H17F3N4O2/c14-13(15,16)11-1-2-17-12(18-11)20-5-3-19(4-6-20)9-7-22-8-10(9)21/h1-2,9-10,21H,3-8H2. The van der Waals surface area contributed by atoms with E-state index in [9.17, 15) is 18.3 Å². The van der Waals surface area contributed by atoms with Gasteiger partial charge in [0, 0.05) is 32.4 Å². The van der Waals surface area contributed by atoms with E-state index in [0.717, 1.165) is 12.3 Å². The lowest BCUT2D eigenvalue weighted by atomic mass is 10.1. The van der Waals surface area contributed by atoms with Gasteiger partial charge < -0.3 is 14.7 Å². The molecule has 6 nitrogen and oxygen atoms in total. The minimum atomic E-state index is -4.47. The Bertz CT molecular complexity index is 520. The lowest BCUT2D eigenvalue weighted by molar-refractivity contribution is -0.141. The number of nitrogens with zero attached hydrogens (tertiary/aromatic N) is 4. The fraction of sp³-hybridized carbons (Fsp3) is 0.692. The highest BCUT2D eigenvalue weighted by Gasteiger charge is 2.35. The van der Waals surface area contributed by atoms with Crippen molar-refractivity contribution in [3.05, 3.63) is 18.0 Å². The number of alkyl halides is 3. The third-order valence-electron chi connectivity index (χ3n) is 4.02. The second-order valence-electron chi connectivity index (χ2n) is 5.43. The van der Waals surface area contributed by atoms with Crippen LogP contribution in [0.5, 0.6) is 0 Å². The molecule has 2 saturated heterocycles. The summed E-state index contributed by atoms with van der Waals surface area (Å²) in [6.07, 6.45) is -3.84. The molecule has 3 rings (SSSR count). The second kappa shape index (κ2) is 5.98. The SMILES string of the molecule is OC1COCC1N1CCN(c2nccc(C(F)(F)F)n2)CC1. The molecule has 122 valence electrons. The van der Waals surface area contributed by atoms with Crippen LogP contribution in [-0.4, -0.2) is 71.5 Å². The Hall–Kier alpha value is -1.45. The van der Waals surface area contributed by atoms with E-state index in [1.54, 1.807) is 4.90 Å².